The number of aromatic nitrogens is 3. The first-order valence-electron chi connectivity index (χ1n) is 6.75. The van der Waals surface area contributed by atoms with Gasteiger partial charge in [0, 0.05) is 12.7 Å². The quantitative estimate of drug-likeness (QED) is 0.774. The van der Waals surface area contributed by atoms with Crippen LogP contribution in [-0.2, 0) is 16.6 Å². The molecule has 0 saturated carbocycles. The van der Waals surface area contributed by atoms with Crippen LogP contribution in [0.3, 0.4) is 0 Å². The minimum Gasteiger partial charge on any atom is -0.237 e. The SMILES string of the molecule is O=S(=O)(NCc1cccc(F)c1)c1cnn(-c2ccccn2)c1. The van der Waals surface area contributed by atoms with Gasteiger partial charge < -0.3 is 0 Å². The Morgan fingerprint density at radius 3 is 2.78 bits per heavy atom. The normalized spacial score (nSPS) is 11.5. The number of nitrogens with one attached hydrogen (secondary N) is 1. The van der Waals surface area contributed by atoms with Crippen LogP contribution >= 0.6 is 0 Å². The summed E-state index contributed by atoms with van der Waals surface area (Å²) in [5, 5.41) is 4.00. The highest BCUT2D eigenvalue weighted by Crippen LogP contribution is 2.11. The molecule has 0 bridgehead atoms. The van der Waals surface area contributed by atoms with Crippen LogP contribution in [0.25, 0.3) is 5.82 Å². The number of nitrogens with zero attached hydrogens (tertiary/aromatic N) is 3. The van der Waals surface area contributed by atoms with Gasteiger partial charge >= 0.3 is 0 Å². The van der Waals surface area contributed by atoms with Crippen molar-refractivity contribution in [2.45, 2.75) is 11.4 Å². The van der Waals surface area contributed by atoms with E-state index in [0.717, 1.165) is 0 Å². The zero-order valence-electron chi connectivity index (χ0n) is 11.9. The molecule has 0 spiro atoms. The summed E-state index contributed by atoms with van der Waals surface area (Å²) in [7, 11) is -3.74. The summed E-state index contributed by atoms with van der Waals surface area (Å²) in [6, 6.07) is 11.0. The molecule has 8 heteroatoms. The predicted molar refractivity (Wildman–Crippen MR) is 81.8 cm³/mol. The molecular weight excluding hydrogens is 319 g/mol. The summed E-state index contributed by atoms with van der Waals surface area (Å²) < 4.78 is 41.4. The van der Waals surface area contributed by atoms with Crippen LogP contribution in [0.4, 0.5) is 4.39 Å². The molecular formula is C15H13FN4O2S. The fraction of sp³-hybridized carbons (Fsp3) is 0.0667. The van der Waals surface area contributed by atoms with Crippen molar-refractivity contribution in [3.8, 4) is 5.82 Å². The first-order valence-corrected chi connectivity index (χ1v) is 8.23. The van der Waals surface area contributed by atoms with E-state index in [-0.39, 0.29) is 11.4 Å². The average Bonchev–Trinajstić information content (AvgIpc) is 3.05. The smallest absolute Gasteiger partial charge is 0.237 e. The van der Waals surface area contributed by atoms with Crippen molar-refractivity contribution in [3.05, 3.63) is 72.4 Å². The van der Waals surface area contributed by atoms with Gasteiger partial charge in [0.05, 0.1) is 12.4 Å². The minimum atomic E-state index is -3.74. The second-order valence-electron chi connectivity index (χ2n) is 4.76. The Balaban J connectivity index is 1.77. The maximum Gasteiger partial charge on any atom is 0.244 e. The Morgan fingerprint density at radius 2 is 2.04 bits per heavy atom. The number of hydrogen-bond acceptors (Lipinski definition) is 4. The first kappa shape index (κ1) is 15.3. The number of benzene rings is 1. The van der Waals surface area contributed by atoms with Crippen molar-refractivity contribution in [1.29, 1.82) is 0 Å². The van der Waals surface area contributed by atoms with Crippen LogP contribution in [0.2, 0.25) is 0 Å². The highest BCUT2D eigenvalue weighted by molar-refractivity contribution is 7.89. The van der Waals surface area contributed by atoms with E-state index in [1.807, 2.05) is 0 Å². The van der Waals surface area contributed by atoms with Crippen LogP contribution in [-0.4, -0.2) is 23.2 Å². The molecule has 0 aliphatic carbocycles. The Kier molecular flexibility index (Phi) is 4.18. The highest BCUT2D eigenvalue weighted by Gasteiger charge is 2.17. The molecule has 6 nitrogen and oxygen atoms in total. The Bertz CT molecular complexity index is 910. The molecule has 0 radical (unpaired) electrons. The average molecular weight is 332 g/mol. The summed E-state index contributed by atoms with van der Waals surface area (Å²) in [5.74, 6) is 0.101. The van der Waals surface area contributed by atoms with Crippen molar-refractivity contribution >= 4 is 10.0 Å². The fourth-order valence-corrected chi connectivity index (χ4v) is 2.92. The molecule has 2 heterocycles. The lowest BCUT2D eigenvalue weighted by Gasteiger charge is -2.05. The van der Waals surface area contributed by atoms with Gasteiger partial charge in [-0.25, -0.2) is 27.2 Å². The Hall–Kier alpha value is -2.58. The van der Waals surface area contributed by atoms with Crippen LogP contribution < -0.4 is 4.72 Å². The topological polar surface area (TPSA) is 76.9 Å². The van der Waals surface area contributed by atoms with Crippen LogP contribution in [0.5, 0.6) is 0 Å². The Labute approximate surface area is 132 Å². The van der Waals surface area contributed by atoms with Crippen LogP contribution in [0.15, 0.2) is 66.0 Å². The number of hydrogen-bond donors (Lipinski definition) is 1. The molecule has 0 amide bonds. The minimum absolute atomic E-state index is 0.00510. The maximum atomic E-state index is 13.1. The van der Waals surface area contributed by atoms with Gasteiger partial charge in [-0.05, 0) is 29.8 Å². The van der Waals surface area contributed by atoms with Gasteiger partial charge in [-0.1, -0.05) is 18.2 Å². The van der Waals surface area contributed by atoms with Crippen molar-refractivity contribution in [2.24, 2.45) is 0 Å². The zero-order chi connectivity index (χ0) is 16.3. The van der Waals surface area contributed by atoms with E-state index in [1.54, 1.807) is 30.5 Å². The lowest BCUT2D eigenvalue weighted by Crippen LogP contribution is -2.22. The van der Waals surface area contributed by atoms with E-state index in [0.29, 0.717) is 11.4 Å². The molecule has 3 aromatic rings. The largest absolute Gasteiger partial charge is 0.244 e. The summed E-state index contributed by atoms with van der Waals surface area (Å²) in [6.07, 6.45) is 4.20. The number of rotatable bonds is 5. The van der Waals surface area contributed by atoms with Crippen molar-refractivity contribution in [2.75, 3.05) is 0 Å². The van der Waals surface area contributed by atoms with Gasteiger partial charge in [-0.3, -0.25) is 0 Å². The number of sulfonamides is 1. The third-order valence-corrected chi connectivity index (χ3v) is 4.46. The molecule has 1 aromatic carbocycles. The molecule has 0 aliphatic rings. The van der Waals surface area contributed by atoms with Gasteiger partial charge in [-0.15, -0.1) is 0 Å². The third kappa shape index (κ3) is 3.61. The molecule has 118 valence electrons. The van der Waals surface area contributed by atoms with Crippen molar-refractivity contribution < 1.29 is 12.8 Å². The maximum absolute atomic E-state index is 13.1. The lowest BCUT2D eigenvalue weighted by atomic mass is 10.2. The molecule has 2 aromatic heterocycles. The predicted octanol–water partition coefficient (Wildman–Crippen LogP) is 1.88. The third-order valence-electron chi connectivity index (χ3n) is 3.11. The molecule has 1 N–H and O–H groups in total. The van der Waals surface area contributed by atoms with Crippen LogP contribution in [0.1, 0.15) is 5.56 Å². The molecule has 3 rings (SSSR count). The van der Waals surface area contributed by atoms with Gasteiger partial charge in [0.2, 0.25) is 10.0 Å². The lowest BCUT2D eigenvalue weighted by molar-refractivity contribution is 0.580. The summed E-state index contributed by atoms with van der Waals surface area (Å²) in [5.41, 5.74) is 0.533. The monoisotopic (exact) mass is 332 g/mol. The fourth-order valence-electron chi connectivity index (χ4n) is 1.97. The van der Waals surface area contributed by atoms with E-state index < -0.39 is 15.8 Å². The molecule has 23 heavy (non-hydrogen) atoms. The van der Waals surface area contributed by atoms with E-state index in [2.05, 4.69) is 14.8 Å². The van der Waals surface area contributed by atoms with E-state index in [4.69, 9.17) is 0 Å². The molecule has 0 fully saturated rings. The standard InChI is InChI=1S/C15H13FN4O2S/c16-13-5-3-4-12(8-13)9-19-23(21,22)14-10-18-20(11-14)15-6-1-2-7-17-15/h1-8,10-11,19H,9H2. The summed E-state index contributed by atoms with van der Waals surface area (Å²) >= 11 is 0. The molecule has 0 atom stereocenters. The van der Waals surface area contributed by atoms with E-state index >= 15 is 0 Å². The number of halogens is 1. The molecule has 0 aliphatic heterocycles. The highest BCUT2D eigenvalue weighted by atomic mass is 32.2. The van der Waals surface area contributed by atoms with Gasteiger partial charge in [0.25, 0.3) is 0 Å². The molecule has 0 unspecified atom stereocenters. The van der Waals surface area contributed by atoms with E-state index in [1.165, 1.54) is 35.3 Å². The first-order chi connectivity index (χ1) is 11.0. The Morgan fingerprint density at radius 1 is 1.17 bits per heavy atom. The number of pyridine rings is 1. The zero-order valence-corrected chi connectivity index (χ0v) is 12.7. The van der Waals surface area contributed by atoms with Crippen LogP contribution in [0, 0.1) is 5.82 Å². The summed E-state index contributed by atoms with van der Waals surface area (Å²) in [6.45, 7) is -0.00510. The van der Waals surface area contributed by atoms with Gasteiger partial charge in [-0.2, -0.15) is 5.10 Å². The van der Waals surface area contributed by atoms with Gasteiger partial charge in [0.15, 0.2) is 5.82 Å². The second kappa shape index (κ2) is 6.27. The molecule has 0 saturated heterocycles. The summed E-state index contributed by atoms with van der Waals surface area (Å²) in [4.78, 5) is 4.10. The van der Waals surface area contributed by atoms with Crippen molar-refractivity contribution in [3.63, 3.8) is 0 Å². The van der Waals surface area contributed by atoms with E-state index in [9.17, 15) is 12.8 Å². The van der Waals surface area contributed by atoms with Gasteiger partial charge in [0.1, 0.15) is 10.7 Å². The second-order valence-corrected chi connectivity index (χ2v) is 6.53. The van der Waals surface area contributed by atoms with Crippen molar-refractivity contribution in [1.82, 2.24) is 19.5 Å².